The molecule has 3 rings (SSSR count). The fourth-order valence-electron chi connectivity index (χ4n) is 1.82. The molecule has 0 amide bonds. The van der Waals surface area contributed by atoms with Gasteiger partial charge in [0, 0.05) is 36.9 Å². The van der Waals surface area contributed by atoms with Crippen LogP contribution in [0.3, 0.4) is 0 Å². The lowest BCUT2D eigenvalue weighted by molar-refractivity contribution is 0.378. The molecule has 0 N–H and O–H groups in total. The third kappa shape index (κ3) is 3.02. The summed E-state index contributed by atoms with van der Waals surface area (Å²) in [5.41, 5.74) is 1.73. The maximum Gasteiger partial charge on any atom is 0.246 e. The Morgan fingerprint density at radius 1 is 1.19 bits per heavy atom. The molecule has 0 spiro atoms. The normalized spacial score (nSPS) is 10.6. The Bertz CT molecular complexity index is 727. The number of nitrogens with zero attached hydrogens (tertiary/aromatic N) is 6. The van der Waals surface area contributed by atoms with Crippen LogP contribution in [0, 0.1) is 6.92 Å². The first kappa shape index (κ1) is 13.2. The number of anilines is 1. The molecule has 3 aromatic heterocycles. The van der Waals surface area contributed by atoms with Crippen molar-refractivity contribution in [2.45, 2.75) is 13.5 Å². The molecule has 0 unspecified atom stereocenters. The maximum absolute atomic E-state index is 5.26. The summed E-state index contributed by atoms with van der Waals surface area (Å²) in [4.78, 5) is 18.8. The van der Waals surface area contributed by atoms with E-state index in [-0.39, 0.29) is 0 Å². The molecule has 0 atom stereocenters. The number of aromatic nitrogens is 5. The third-order valence-electron chi connectivity index (χ3n) is 2.88. The third-order valence-corrected chi connectivity index (χ3v) is 2.88. The van der Waals surface area contributed by atoms with Crippen molar-refractivity contribution in [1.29, 1.82) is 0 Å². The fraction of sp³-hybridized carbons (Fsp3) is 0.214. The Morgan fingerprint density at radius 3 is 2.86 bits per heavy atom. The smallest absolute Gasteiger partial charge is 0.246 e. The first-order valence-corrected chi connectivity index (χ1v) is 6.46. The summed E-state index contributed by atoms with van der Waals surface area (Å²) in [7, 11) is 1.88. The van der Waals surface area contributed by atoms with Gasteiger partial charge in [-0.25, -0.2) is 9.97 Å². The highest BCUT2D eigenvalue weighted by Crippen LogP contribution is 2.15. The van der Waals surface area contributed by atoms with Crippen molar-refractivity contribution in [2.24, 2.45) is 0 Å². The van der Waals surface area contributed by atoms with E-state index in [1.807, 2.05) is 37.1 Å². The second-order valence-corrected chi connectivity index (χ2v) is 4.61. The van der Waals surface area contributed by atoms with Crippen molar-refractivity contribution in [3.8, 4) is 11.4 Å². The highest BCUT2D eigenvalue weighted by atomic mass is 16.5. The molecular formula is C14H14N6O. The number of hydrogen-bond donors (Lipinski definition) is 0. The van der Waals surface area contributed by atoms with Gasteiger partial charge in [-0.1, -0.05) is 5.16 Å². The maximum atomic E-state index is 5.26. The second-order valence-electron chi connectivity index (χ2n) is 4.61. The molecule has 0 saturated heterocycles. The zero-order valence-electron chi connectivity index (χ0n) is 11.8. The van der Waals surface area contributed by atoms with Crippen LogP contribution in [-0.4, -0.2) is 32.1 Å². The summed E-state index contributed by atoms with van der Waals surface area (Å²) >= 11 is 0. The van der Waals surface area contributed by atoms with Gasteiger partial charge in [0.1, 0.15) is 0 Å². The molecule has 0 bridgehead atoms. The summed E-state index contributed by atoms with van der Waals surface area (Å²) in [6.45, 7) is 2.36. The Labute approximate surface area is 121 Å². The average molecular weight is 282 g/mol. The van der Waals surface area contributed by atoms with Gasteiger partial charge in [-0.2, -0.15) is 4.98 Å². The lowest BCUT2D eigenvalue weighted by atomic mass is 10.3. The molecule has 0 radical (unpaired) electrons. The van der Waals surface area contributed by atoms with E-state index in [1.165, 1.54) is 0 Å². The van der Waals surface area contributed by atoms with Gasteiger partial charge in [-0.3, -0.25) is 4.98 Å². The predicted molar refractivity (Wildman–Crippen MR) is 76.4 cm³/mol. The summed E-state index contributed by atoms with van der Waals surface area (Å²) < 4.78 is 5.26. The van der Waals surface area contributed by atoms with Crippen molar-refractivity contribution in [3.05, 3.63) is 48.4 Å². The standard InChI is InChI=1S/C14H14N6O/c1-10-5-7-16-14(17-10)20(2)9-12-18-13(19-21-12)11-4-3-6-15-8-11/h3-8H,9H2,1-2H3. The zero-order chi connectivity index (χ0) is 14.7. The van der Waals surface area contributed by atoms with E-state index in [0.717, 1.165) is 11.3 Å². The Kier molecular flexibility index (Phi) is 3.55. The lowest BCUT2D eigenvalue weighted by Gasteiger charge is -2.14. The quantitative estimate of drug-likeness (QED) is 0.722. The van der Waals surface area contributed by atoms with Gasteiger partial charge in [-0.15, -0.1) is 0 Å². The molecule has 0 saturated carbocycles. The summed E-state index contributed by atoms with van der Waals surface area (Å²) in [6.07, 6.45) is 5.12. The molecule has 0 aromatic carbocycles. The number of pyridine rings is 1. The zero-order valence-corrected chi connectivity index (χ0v) is 11.8. The molecule has 106 valence electrons. The Hall–Kier alpha value is -2.83. The van der Waals surface area contributed by atoms with Crippen LogP contribution in [0.1, 0.15) is 11.6 Å². The molecule has 21 heavy (non-hydrogen) atoms. The van der Waals surface area contributed by atoms with E-state index in [1.54, 1.807) is 18.6 Å². The van der Waals surface area contributed by atoms with Crippen molar-refractivity contribution in [3.63, 3.8) is 0 Å². The van der Waals surface area contributed by atoms with Crippen LogP contribution < -0.4 is 4.90 Å². The van der Waals surface area contributed by atoms with Gasteiger partial charge in [0.05, 0.1) is 6.54 Å². The molecular weight excluding hydrogens is 268 g/mol. The molecule has 3 heterocycles. The molecule has 7 heteroatoms. The van der Waals surface area contributed by atoms with E-state index >= 15 is 0 Å². The molecule has 0 fully saturated rings. The number of hydrogen-bond acceptors (Lipinski definition) is 7. The minimum atomic E-state index is 0.441. The monoisotopic (exact) mass is 282 g/mol. The lowest BCUT2D eigenvalue weighted by Crippen LogP contribution is -2.19. The topological polar surface area (TPSA) is 80.8 Å². The van der Waals surface area contributed by atoms with E-state index in [2.05, 4.69) is 25.1 Å². The highest BCUT2D eigenvalue weighted by molar-refractivity contribution is 5.51. The van der Waals surface area contributed by atoms with Crippen molar-refractivity contribution < 1.29 is 4.52 Å². The fourth-order valence-corrected chi connectivity index (χ4v) is 1.82. The van der Waals surface area contributed by atoms with Crippen LogP contribution in [0.4, 0.5) is 5.95 Å². The van der Waals surface area contributed by atoms with Crippen LogP contribution >= 0.6 is 0 Å². The van der Waals surface area contributed by atoms with Crippen LogP contribution in [0.2, 0.25) is 0 Å². The van der Waals surface area contributed by atoms with Crippen LogP contribution in [0.5, 0.6) is 0 Å². The minimum absolute atomic E-state index is 0.441. The highest BCUT2D eigenvalue weighted by Gasteiger charge is 2.12. The predicted octanol–water partition coefficient (Wildman–Crippen LogP) is 1.87. The number of aryl methyl sites for hydroxylation is 1. The first-order valence-electron chi connectivity index (χ1n) is 6.46. The van der Waals surface area contributed by atoms with Gasteiger partial charge in [0.15, 0.2) is 0 Å². The van der Waals surface area contributed by atoms with E-state index in [9.17, 15) is 0 Å². The SMILES string of the molecule is Cc1ccnc(N(C)Cc2nc(-c3cccnc3)no2)n1. The first-order chi connectivity index (χ1) is 10.2. The number of rotatable bonds is 4. The molecule has 7 nitrogen and oxygen atoms in total. The molecule has 3 aromatic rings. The Morgan fingerprint density at radius 2 is 2.10 bits per heavy atom. The summed E-state index contributed by atoms with van der Waals surface area (Å²) in [6, 6.07) is 5.57. The largest absolute Gasteiger partial charge is 0.337 e. The minimum Gasteiger partial charge on any atom is -0.337 e. The molecule has 0 aliphatic rings. The molecule has 0 aliphatic carbocycles. The van der Waals surface area contributed by atoms with Crippen molar-refractivity contribution in [1.82, 2.24) is 25.1 Å². The van der Waals surface area contributed by atoms with Gasteiger partial charge < -0.3 is 9.42 Å². The Balaban J connectivity index is 1.75. The van der Waals surface area contributed by atoms with Crippen LogP contribution in [-0.2, 0) is 6.54 Å². The van der Waals surface area contributed by atoms with E-state index in [4.69, 9.17) is 4.52 Å². The molecule has 0 aliphatic heterocycles. The summed E-state index contributed by atoms with van der Waals surface area (Å²) in [5.74, 6) is 1.65. The van der Waals surface area contributed by atoms with Crippen molar-refractivity contribution in [2.75, 3.05) is 11.9 Å². The van der Waals surface area contributed by atoms with Gasteiger partial charge in [0.2, 0.25) is 17.7 Å². The van der Waals surface area contributed by atoms with Crippen LogP contribution in [0.15, 0.2) is 41.3 Å². The average Bonchev–Trinajstić information content (AvgIpc) is 2.97. The van der Waals surface area contributed by atoms with Crippen molar-refractivity contribution >= 4 is 5.95 Å². The van der Waals surface area contributed by atoms with Gasteiger partial charge in [-0.05, 0) is 25.1 Å². The van der Waals surface area contributed by atoms with Gasteiger partial charge in [0.25, 0.3) is 0 Å². The van der Waals surface area contributed by atoms with E-state index < -0.39 is 0 Å². The van der Waals surface area contributed by atoms with Crippen LogP contribution in [0.25, 0.3) is 11.4 Å². The second kappa shape index (κ2) is 5.66. The summed E-state index contributed by atoms with van der Waals surface area (Å²) in [5, 5.41) is 3.96. The van der Waals surface area contributed by atoms with E-state index in [0.29, 0.717) is 24.2 Å². The van der Waals surface area contributed by atoms with Gasteiger partial charge >= 0.3 is 0 Å².